The Morgan fingerprint density at radius 1 is 0.830 bits per heavy atom. The van der Waals surface area contributed by atoms with E-state index in [1.54, 1.807) is 32.2 Å². The first-order valence-corrected chi connectivity index (χ1v) is 15.8. The number of nitro benzene ring substituents is 2. The summed E-state index contributed by atoms with van der Waals surface area (Å²) in [5.74, 6) is -0.392. The minimum absolute atomic E-state index is 0.00182. The van der Waals surface area contributed by atoms with Gasteiger partial charge in [-0.15, -0.1) is 0 Å². The van der Waals surface area contributed by atoms with E-state index in [1.165, 1.54) is 6.07 Å². The number of methoxy groups -OCH3 is 1. The predicted octanol–water partition coefficient (Wildman–Crippen LogP) is 7.42. The van der Waals surface area contributed by atoms with Crippen molar-refractivity contribution in [2.45, 2.75) is 72.6 Å². The number of carbonyl (C=O) groups excluding carboxylic acids is 2. The van der Waals surface area contributed by atoms with E-state index >= 15 is 0 Å². The highest BCUT2D eigenvalue weighted by Gasteiger charge is 2.49. The van der Waals surface area contributed by atoms with Crippen LogP contribution >= 0.6 is 0 Å². The van der Waals surface area contributed by atoms with Crippen LogP contribution < -0.4 is 9.47 Å². The van der Waals surface area contributed by atoms with Gasteiger partial charge in [0, 0.05) is 67.6 Å². The number of non-ortho nitro benzene ring substituents is 1. The number of benzene rings is 2. The van der Waals surface area contributed by atoms with Gasteiger partial charge < -0.3 is 19.1 Å². The standard InChI is InChI=1S/C35H41N3O9/c1-7-46-30-15-21(9-11-29(30)47-28-12-10-22(37(41)42)16-23(28)38(43)44)31-32-24(17-34(2,3)19-26(32)39)36(13-8-14-45-6)25-18-35(4,5)20-27(40)33(25)31/h9-12,15-16,31H,7-8,13-14,17-20H2,1-6H3. The maximum Gasteiger partial charge on any atom is 0.318 e. The smallest absolute Gasteiger partial charge is 0.318 e. The Morgan fingerprint density at radius 2 is 1.43 bits per heavy atom. The van der Waals surface area contributed by atoms with E-state index < -0.39 is 27.1 Å². The normalized spacial score (nSPS) is 19.0. The highest BCUT2D eigenvalue weighted by atomic mass is 16.6. The summed E-state index contributed by atoms with van der Waals surface area (Å²) >= 11 is 0. The summed E-state index contributed by atoms with van der Waals surface area (Å²) in [6, 6.07) is 8.25. The maximum absolute atomic E-state index is 14.1. The molecular formula is C35H41N3O9. The first-order valence-electron chi connectivity index (χ1n) is 15.8. The molecule has 2 aromatic carbocycles. The molecule has 0 saturated carbocycles. The Balaban J connectivity index is 1.66. The number of nitrogens with zero attached hydrogens (tertiary/aromatic N) is 3. The van der Waals surface area contributed by atoms with Gasteiger partial charge in [0.05, 0.1) is 22.5 Å². The number of hydrogen-bond acceptors (Lipinski definition) is 10. The fourth-order valence-electron chi connectivity index (χ4n) is 7.04. The number of Topliss-reactive ketones (excluding diaryl/α,β-unsaturated/α-hetero) is 2. The van der Waals surface area contributed by atoms with Crippen LogP contribution in [0.2, 0.25) is 0 Å². The molecule has 250 valence electrons. The Kier molecular flexibility index (Phi) is 9.27. The fourth-order valence-corrected chi connectivity index (χ4v) is 7.04. The topological polar surface area (TPSA) is 151 Å². The first kappa shape index (κ1) is 33.8. The van der Waals surface area contributed by atoms with Gasteiger partial charge in [-0.25, -0.2) is 0 Å². The Morgan fingerprint density at radius 3 is 1.96 bits per heavy atom. The molecule has 47 heavy (non-hydrogen) atoms. The molecular weight excluding hydrogens is 606 g/mol. The number of ether oxygens (including phenoxy) is 3. The molecule has 0 radical (unpaired) electrons. The van der Waals surface area contributed by atoms with Gasteiger partial charge in [0.15, 0.2) is 23.1 Å². The second-order valence-corrected chi connectivity index (χ2v) is 13.9. The van der Waals surface area contributed by atoms with Crippen molar-refractivity contribution in [3.05, 3.63) is 84.7 Å². The second-order valence-electron chi connectivity index (χ2n) is 13.9. The minimum Gasteiger partial charge on any atom is -0.490 e. The maximum atomic E-state index is 14.1. The van der Waals surface area contributed by atoms with Gasteiger partial charge in [-0.3, -0.25) is 29.8 Å². The summed E-state index contributed by atoms with van der Waals surface area (Å²) in [7, 11) is 1.66. The van der Waals surface area contributed by atoms with Gasteiger partial charge in [-0.05, 0) is 60.8 Å². The molecule has 3 aliphatic rings. The summed E-state index contributed by atoms with van der Waals surface area (Å²) in [4.78, 5) is 52.0. The fraction of sp³-hybridized carbons (Fsp3) is 0.486. The van der Waals surface area contributed by atoms with Crippen molar-refractivity contribution in [3.8, 4) is 17.2 Å². The molecule has 2 aliphatic carbocycles. The van der Waals surface area contributed by atoms with Crippen molar-refractivity contribution in [1.82, 2.24) is 4.90 Å². The molecule has 0 bridgehead atoms. The Bertz CT molecular complexity index is 1650. The molecule has 0 spiro atoms. The number of nitro groups is 2. The molecule has 12 nitrogen and oxygen atoms in total. The van der Waals surface area contributed by atoms with Gasteiger partial charge in [-0.1, -0.05) is 33.8 Å². The van der Waals surface area contributed by atoms with Crippen molar-refractivity contribution >= 4 is 22.9 Å². The molecule has 1 heterocycles. The third-order valence-corrected chi connectivity index (χ3v) is 8.92. The number of ketones is 2. The quantitative estimate of drug-likeness (QED) is 0.137. The van der Waals surface area contributed by atoms with Crippen LogP contribution in [0.15, 0.2) is 58.9 Å². The van der Waals surface area contributed by atoms with Crippen LogP contribution in [-0.4, -0.2) is 53.2 Å². The van der Waals surface area contributed by atoms with Crippen molar-refractivity contribution in [3.63, 3.8) is 0 Å². The molecule has 0 fully saturated rings. The van der Waals surface area contributed by atoms with Crippen molar-refractivity contribution < 1.29 is 33.6 Å². The summed E-state index contributed by atoms with van der Waals surface area (Å²) in [6.07, 6.45) is 2.77. The van der Waals surface area contributed by atoms with Crippen molar-refractivity contribution in [1.29, 1.82) is 0 Å². The number of allylic oxidation sites excluding steroid dienone is 4. The molecule has 12 heteroatoms. The SMILES string of the molecule is CCOc1cc(C2C3=C(CC(C)(C)CC3=O)N(CCCOC)C3=C2C(=O)CC(C)(C)C3)ccc1Oc1ccc([N+](=O)[O-])cc1[N+](=O)[O-]. The van der Waals surface area contributed by atoms with Gasteiger partial charge in [-0.2, -0.15) is 0 Å². The van der Waals surface area contributed by atoms with Crippen LogP contribution in [0, 0.1) is 31.1 Å². The number of carbonyl (C=O) groups is 2. The highest BCUT2D eigenvalue weighted by molar-refractivity contribution is 6.06. The van der Waals surface area contributed by atoms with E-state index in [4.69, 9.17) is 14.2 Å². The molecule has 0 unspecified atom stereocenters. The molecule has 5 rings (SSSR count). The number of hydrogen-bond donors (Lipinski definition) is 0. The Labute approximate surface area is 273 Å². The zero-order valence-corrected chi connectivity index (χ0v) is 27.7. The highest BCUT2D eigenvalue weighted by Crippen LogP contribution is 2.55. The first-order chi connectivity index (χ1) is 22.2. The summed E-state index contributed by atoms with van der Waals surface area (Å²) in [5.41, 5.74) is 2.27. The molecule has 0 saturated heterocycles. The largest absolute Gasteiger partial charge is 0.490 e. The van der Waals surface area contributed by atoms with Crippen LogP contribution in [-0.2, 0) is 14.3 Å². The summed E-state index contributed by atoms with van der Waals surface area (Å²) in [6.45, 7) is 11.6. The molecule has 1 aliphatic heterocycles. The van der Waals surface area contributed by atoms with E-state index in [9.17, 15) is 29.8 Å². The minimum atomic E-state index is -0.744. The molecule has 0 aromatic heterocycles. The van der Waals surface area contributed by atoms with E-state index in [-0.39, 0.29) is 46.3 Å². The summed E-state index contributed by atoms with van der Waals surface area (Å²) in [5, 5.41) is 23.0. The van der Waals surface area contributed by atoms with E-state index in [0.29, 0.717) is 55.5 Å². The molecule has 0 N–H and O–H groups in total. The average molecular weight is 648 g/mol. The van der Waals surface area contributed by atoms with E-state index in [1.807, 2.05) is 0 Å². The molecule has 0 atom stereocenters. The Hall–Kier alpha value is -4.58. The summed E-state index contributed by atoms with van der Waals surface area (Å²) < 4.78 is 17.3. The van der Waals surface area contributed by atoms with Crippen LogP contribution in [0.1, 0.15) is 78.2 Å². The van der Waals surface area contributed by atoms with Gasteiger partial charge in [0.1, 0.15) is 0 Å². The third-order valence-electron chi connectivity index (χ3n) is 8.92. The van der Waals surface area contributed by atoms with Crippen LogP contribution in [0.3, 0.4) is 0 Å². The van der Waals surface area contributed by atoms with Crippen molar-refractivity contribution in [2.24, 2.45) is 10.8 Å². The predicted molar refractivity (Wildman–Crippen MR) is 173 cm³/mol. The number of rotatable bonds is 11. The van der Waals surface area contributed by atoms with Crippen molar-refractivity contribution in [2.75, 3.05) is 26.9 Å². The monoisotopic (exact) mass is 647 g/mol. The van der Waals surface area contributed by atoms with Crippen LogP contribution in [0.4, 0.5) is 11.4 Å². The van der Waals surface area contributed by atoms with Gasteiger partial charge in [0.2, 0.25) is 5.75 Å². The lowest BCUT2D eigenvalue weighted by Gasteiger charge is -2.49. The lowest BCUT2D eigenvalue weighted by molar-refractivity contribution is -0.394. The van der Waals surface area contributed by atoms with Crippen LogP contribution in [0.5, 0.6) is 17.2 Å². The zero-order valence-electron chi connectivity index (χ0n) is 27.7. The average Bonchev–Trinajstić information content (AvgIpc) is 2.97. The van der Waals surface area contributed by atoms with Gasteiger partial charge >= 0.3 is 5.69 Å². The second kappa shape index (κ2) is 12.9. The van der Waals surface area contributed by atoms with Crippen LogP contribution in [0.25, 0.3) is 0 Å². The van der Waals surface area contributed by atoms with Gasteiger partial charge in [0.25, 0.3) is 5.69 Å². The van der Waals surface area contributed by atoms with E-state index in [0.717, 1.165) is 29.9 Å². The molecule has 2 aromatic rings. The zero-order chi connectivity index (χ0) is 34.3. The molecule has 0 amide bonds. The lowest BCUT2D eigenvalue weighted by Crippen LogP contribution is -2.44. The lowest BCUT2D eigenvalue weighted by atomic mass is 9.63. The van der Waals surface area contributed by atoms with E-state index in [2.05, 4.69) is 32.6 Å². The third kappa shape index (κ3) is 6.78.